The third-order valence-corrected chi connectivity index (χ3v) is 3.55. The Morgan fingerprint density at radius 2 is 1.75 bits per heavy atom. The summed E-state index contributed by atoms with van der Waals surface area (Å²) in [7, 11) is 1.27. The summed E-state index contributed by atoms with van der Waals surface area (Å²) in [6, 6.07) is 10.3. The Morgan fingerprint density at radius 3 is 2.38 bits per heavy atom. The van der Waals surface area contributed by atoms with Crippen LogP contribution < -0.4 is 10.1 Å². The highest BCUT2D eigenvalue weighted by molar-refractivity contribution is 6.33. The van der Waals surface area contributed by atoms with Gasteiger partial charge in [-0.2, -0.15) is 0 Å². The normalized spacial score (nSPS) is 10.2. The number of carbonyl (C=O) groups excluding carboxylic acids is 2. The smallest absolute Gasteiger partial charge is 0.339 e. The van der Waals surface area contributed by atoms with Crippen LogP contribution in [-0.4, -0.2) is 25.6 Å². The molecular weight excluding hydrogens is 330 g/mol. The lowest BCUT2D eigenvalue weighted by atomic mass is 10.1. The number of nitrogens with one attached hydrogen (secondary N) is 1. The maximum Gasteiger partial charge on any atom is 0.339 e. The number of esters is 1. The fourth-order valence-electron chi connectivity index (χ4n) is 2.23. The van der Waals surface area contributed by atoms with Crippen LogP contribution in [0.15, 0.2) is 36.4 Å². The molecule has 0 unspecified atom stereocenters. The van der Waals surface area contributed by atoms with Crippen LogP contribution >= 0.6 is 11.6 Å². The van der Waals surface area contributed by atoms with Crippen molar-refractivity contribution in [3.05, 3.63) is 58.1 Å². The molecule has 0 radical (unpaired) electrons. The number of carbonyl (C=O) groups is 2. The van der Waals surface area contributed by atoms with E-state index in [1.165, 1.54) is 19.2 Å². The number of ether oxygens (including phenoxy) is 2. The van der Waals surface area contributed by atoms with E-state index in [-0.39, 0.29) is 23.1 Å². The van der Waals surface area contributed by atoms with Gasteiger partial charge in [0.25, 0.3) is 5.91 Å². The van der Waals surface area contributed by atoms with Gasteiger partial charge < -0.3 is 14.8 Å². The minimum absolute atomic E-state index is 0.140. The van der Waals surface area contributed by atoms with Gasteiger partial charge in [0.05, 0.1) is 17.7 Å². The van der Waals surface area contributed by atoms with Crippen molar-refractivity contribution in [3.8, 4) is 5.75 Å². The maximum atomic E-state index is 12.0. The van der Waals surface area contributed by atoms with Crippen molar-refractivity contribution in [1.82, 2.24) is 0 Å². The summed E-state index contributed by atoms with van der Waals surface area (Å²) in [4.78, 5) is 23.6. The molecule has 0 bridgehead atoms. The number of aryl methyl sites for hydroxylation is 2. The molecule has 0 atom stereocenters. The van der Waals surface area contributed by atoms with Crippen LogP contribution in [0, 0.1) is 13.8 Å². The molecule has 5 nitrogen and oxygen atoms in total. The topological polar surface area (TPSA) is 64.6 Å². The van der Waals surface area contributed by atoms with E-state index in [1.54, 1.807) is 6.07 Å². The highest BCUT2D eigenvalue weighted by Gasteiger charge is 2.13. The van der Waals surface area contributed by atoms with E-state index >= 15 is 0 Å². The number of rotatable bonds is 5. The summed E-state index contributed by atoms with van der Waals surface area (Å²) >= 11 is 5.94. The lowest BCUT2D eigenvalue weighted by Crippen LogP contribution is -2.20. The zero-order chi connectivity index (χ0) is 17.7. The lowest BCUT2D eigenvalue weighted by Gasteiger charge is -2.10. The Hall–Kier alpha value is -2.53. The standard InChI is InChI=1S/C18H18ClNO4/c1-11-6-12(2)8-14(7-11)24-10-17(21)20-13-4-5-16(19)15(9-13)18(22)23-3/h4-9H,10H2,1-3H3,(H,20,21). The second kappa shape index (κ2) is 7.84. The molecule has 24 heavy (non-hydrogen) atoms. The zero-order valence-electron chi connectivity index (χ0n) is 13.7. The minimum atomic E-state index is -0.567. The van der Waals surface area contributed by atoms with Crippen LogP contribution in [0.5, 0.6) is 5.75 Å². The third kappa shape index (κ3) is 4.73. The molecule has 0 spiro atoms. The van der Waals surface area contributed by atoms with E-state index in [4.69, 9.17) is 16.3 Å². The van der Waals surface area contributed by atoms with Crippen molar-refractivity contribution in [3.63, 3.8) is 0 Å². The van der Waals surface area contributed by atoms with E-state index in [0.29, 0.717) is 11.4 Å². The molecule has 0 saturated heterocycles. The van der Waals surface area contributed by atoms with Crippen LogP contribution in [0.4, 0.5) is 5.69 Å². The second-order valence-corrected chi connectivity index (χ2v) is 5.75. The quantitative estimate of drug-likeness (QED) is 0.836. The van der Waals surface area contributed by atoms with Crippen molar-refractivity contribution >= 4 is 29.2 Å². The molecule has 1 N–H and O–H groups in total. The van der Waals surface area contributed by atoms with Crippen molar-refractivity contribution in [1.29, 1.82) is 0 Å². The molecule has 2 aromatic rings. The van der Waals surface area contributed by atoms with Crippen molar-refractivity contribution < 1.29 is 19.1 Å². The van der Waals surface area contributed by atoms with Crippen LogP contribution in [0.25, 0.3) is 0 Å². The summed E-state index contributed by atoms with van der Waals surface area (Å²) in [6.45, 7) is 3.78. The summed E-state index contributed by atoms with van der Waals surface area (Å²) < 4.78 is 10.1. The lowest BCUT2D eigenvalue weighted by molar-refractivity contribution is -0.118. The first-order chi connectivity index (χ1) is 11.4. The molecule has 0 aliphatic carbocycles. The first-order valence-corrected chi connectivity index (χ1v) is 7.65. The number of amides is 1. The van der Waals surface area contributed by atoms with E-state index < -0.39 is 5.97 Å². The number of anilines is 1. The minimum Gasteiger partial charge on any atom is -0.484 e. The van der Waals surface area contributed by atoms with Crippen molar-refractivity contribution in [2.45, 2.75) is 13.8 Å². The maximum absolute atomic E-state index is 12.0. The van der Waals surface area contributed by atoms with Gasteiger partial charge in [0.1, 0.15) is 5.75 Å². The van der Waals surface area contributed by atoms with Crippen molar-refractivity contribution in [2.24, 2.45) is 0 Å². The van der Waals surface area contributed by atoms with Gasteiger partial charge in [-0.15, -0.1) is 0 Å². The highest BCUT2D eigenvalue weighted by Crippen LogP contribution is 2.21. The van der Waals surface area contributed by atoms with Gasteiger partial charge in [0, 0.05) is 5.69 Å². The summed E-state index contributed by atoms with van der Waals surface area (Å²) in [5.74, 6) is -0.274. The van der Waals surface area contributed by atoms with E-state index in [1.807, 2.05) is 32.0 Å². The van der Waals surface area contributed by atoms with Crippen LogP contribution in [0.1, 0.15) is 21.5 Å². The monoisotopic (exact) mass is 347 g/mol. The molecule has 126 valence electrons. The summed E-state index contributed by atoms with van der Waals surface area (Å²) in [5, 5.41) is 2.91. The van der Waals surface area contributed by atoms with Gasteiger partial charge in [-0.25, -0.2) is 4.79 Å². The van der Waals surface area contributed by atoms with Crippen LogP contribution in [0.2, 0.25) is 5.02 Å². The molecule has 2 rings (SSSR count). The number of methoxy groups -OCH3 is 1. The van der Waals surface area contributed by atoms with Gasteiger partial charge in [-0.1, -0.05) is 17.7 Å². The number of halogens is 1. The molecule has 0 saturated carbocycles. The molecule has 0 heterocycles. The molecular formula is C18H18ClNO4. The number of hydrogen-bond donors (Lipinski definition) is 1. The molecule has 2 aromatic carbocycles. The van der Waals surface area contributed by atoms with E-state index in [2.05, 4.69) is 10.1 Å². The summed E-state index contributed by atoms with van der Waals surface area (Å²) in [5.41, 5.74) is 2.75. The fourth-order valence-corrected chi connectivity index (χ4v) is 2.43. The SMILES string of the molecule is COC(=O)c1cc(NC(=O)COc2cc(C)cc(C)c2)ccc1Cl. The van der Waals surface area contributed by atoms with Crippen molar-refractivity contribution in [2.75, 3.05) is 19.0 Å². The average Bonchev–Trinajstić information content (AvgIpc) is 2.53. The Kier molecular flexibility index (Phi) is 5.82. The Labute approximate surface area is 145 Å². The van der Waals surface area contributed by atoms with Gasteiger partial charge in [-0.05, 0) is 55.3 Å². The average molecular weight is 348 g/mol. The Bertz CT molecular complexity index is 753. The second-order valence-electron chi connectivity index (χ2n) is 5.35. The van der Waals surface area contributed by atoms with Gasteiger partial charge in [0.15, 0.2) is 6.61 Å². The molecule has 0 aliphatic rings. The summed E-state index contributed by atoms with van der Waals surface area (Å²) in [6.07, 6.45) is 0. The molecule has 0 aliphatic heterocycles. The first kappa shape index (κ1) is 17.8. The zero-order valence-corrected chi connectivity index (χ0v) is 14.4. The van der Waals surface area contributed by atoms with Gasteiger partial charge >= 0.3 is 5.97 Å². The fraction of sp³-hybridized carbons (Fsp3) is 0.222. The Balaban J connectivity index is 2.01. The molecule has 6 heteroatoms. The van der Waals surface area contributed by atoms with Gasteiger partial charge in [0.2, 0.25) is 0 Å². The molecule has 0 aromatic heterocycles. The van der Waals surface area contributed by atoms with Crippen LogP contribution in [0.3, 0.4) is 0 Å². The van der Waals surface area contributed by atoms with E-state index in [0.717, 1.165) is 11.1 Å². The Morgan fingerprint density at radius 1 is 1.08 bits per heavy atom. The molecule has 1 amide bonds. The van der Waals surface area contributed by atoms with E-state index in [9.17, 15) is 9.59 Å². The predicted octanol–water partition coefficient (Wildman–Crippen LogP) is 3.76. The van der Waals surface area contributed by atoms with Crippen LogP contribution in [-0.2, 0) is 9.53 Å². The highest BCUT2D eigenvalue weighted by atomic mass is 35.5. The number of hydrogen-bond acceptors (Lipinski definition) is 4. The first-order valence-electron chi connectivity index (χ1n) is 7.28. The van der Waals surface area contributed by atoms with Gasteiger partial charge in [-0.3, -0.25) is 4.79 Å². The number of benzene rings is 2. The third-order valence-electron chi connectivity index (χ3n) is 3.22. The molecule has 0 fully saturated rings. The largest absolute Gasteiger partial charge is 0.484 e. The predicted molar refractivity (Wildman–Crippen MR) is 92.8 cm³/mol.